The summed E-state index contributed by atoms with van der Waals surface area (Å²) in [6.07, 6.45) is 1.92. The molecule has 0 saturated heterocycles. The van der Waals surface area contributed by atoms with Crippen molar-refractivity contribution in [1.82, 2.24) is 0 Å². The second-order valence-corrected chi connectivity index (χ2v) is 6.73. The van der Waals surface area contributed by atoms with Crippen LogP contribution in [-0.4, -0.2) is 32.6 Å². The van der Waals surface area contributed by atoms with Gasteiger partial charge in [-0.2, -0.15) is 0 Å². The van der Waals surface area contributed by atoms with E-state index in [1.807, 2.05) is 6.07 Å². The summed E-state index contributed by atoms with van der Waals surface area (Å²) in [4.78, 5) is 25.4. The zero-order valence-corrected chi connectivity index (χ0v) is 16.6. The maximum absolute atomic E-state index is 13.4. The second-order valence-electron chi connectivity index (χ2n) is 6.73. The Hall–Kier alpha value is -3.15. The standard InChI is InChI=1S/C23H23FO5/c1-4-29-23(26)22-18(14-5-8-17(24)9-6-14)11-16(12-19(22)25)15-7-10-20(27-2)21(13-15)28-3/h5-10,12-13,18,22H,4,11H2,1-3H3/t18-,22-/m0/s1. The first-order chi connectivity index (χ1) is 14.0. The number of methoxy groups -OCH3 is 2. The van der Waals surface area contributed by atoms with E-state index in [1.165, 1.54) is 18.2 Å². The molecule has 2 aromatic rings. The van der Waals surface area contributed by atoms with Crippen LogP contribution in [0.2, 0.25) is 0 Å². The van der Waals surface area contributed by atoms with Crippen LogP contribution in [0.1, 0.15) is 30.4 Å². The van der Waals surface area contributed by atoms with Crippen molar-refractivity contribution >= 4 is 17.3 Å². The van der Waals surface area contributed by atoms with Gasteiger partial charge in [-0.15, -0.1) is 0 Å². The Kier molecular flexibility index (Phi) is 6.32. The van der Waals surface area contributed by atoms with Crippen LogP contribution in [0.15, 0.2) is 48.5 Å². The van der Waals surface area contributed by atoms with Gasteiger partial charge in [0.05, 0.1) is 20.8 Å². The zero-order chi connectivity index (χ0) is 21.0. The molecule has 6 heteroatoms. The van der Waals surface area contributed by atoms with Crippen molar-refractivity contribution in [2.45, 2.75) is 19.3 Å². The summed E-state index contributed by atoms with van der Waals surface area (Å²) in [5, 5.41) is 0. The van der Waals surface area contributed by atoms with Crippen molar-refractivity contribution in [3.05, 3.63) is 65.5 Å². The zero-order valence-electron chi connectivity index (χ0n) is 16.6. The highest BCUT2D eigenvalue weighted by molar-refractivity contribution is 6.10. The summed E-state index contributed by atoms with van der Waals surface area (Å²) < 4.78 is 29.2. The molecule has 0 saturated carbocycles. The van der Waals surface area contributed by atoms with Crippen molar-refractivity contribution in [3.8, 4) is 11.5 Å². The van der Waals surface area contributed by atoms with E-state index in [0.717, 1.165) is 11.1 Å². The van der Waals surface area contributed by atoms with Crippen LogP contribution in [-0.2, 0) is 14.3 Å². The highest BCUT2D eigenvalue weighted by atomic mass is 19.1. The first-order valence-corrected chi connectivity index (χ1v) is 9.37. The van der Waals surface area contributed by atoms with E-state index in [1.54, 1.807) is 45.4 Å². The fourth-order valence-electron chi connectivity index (χ4n) is 3.64. The van der Waals surface area contributed by atoms with Crippen LogP contribution in [0.4, 0.5) is 4.39 Å². The molecule has 152 valence electrons. The van der Waals surface area contributed by atoms with Gasteiger partial charge in [-0.1, -0.05) is 18.2 Å². The molecule has 2 atom stereocenters. The normalized spacial score (nSPS) is 18.8. The maximum Gasteiger partial charge on any atom is 0.317 e. The van der Waals surface area contributed by atoms with Crippen LogP contribution < -0.4 is 9.47 Å². The number of halogens is 1. The summed E-state index contributed by atoms with van der Waals surface area (Å²) in [6.45, 7) is 1.88. The molecule has 0 unspecified atom stereocenters. The molecule has 0 N–H and O–H groups in total. The average molecular weight is 398 g/mol. The Balaban J connectivity index is 2.03. The molecular weight excluding hydrogens is 375 g/mol. The third-order valence-electron chi connectivity index (χ3n) is 5.06. The van der Waals surface area contributed by atoms with Gasteiger partial charge in [0.1, 0.15) is 11.7 Å². The van der Waals surface area contributed by atoms with Crippen molar-refractivity contribution in [3.63, 3.8) is 0 Å². The molecule has 5 nitrogen and oxygen atoms in total. The van der Waals surface area contributed by atoms with Gasteiger partial charge < -0.3 is 14.2 Å². The van der Waals surface area contributed by atoms with E-state index in [9.17, 15) is 14.0 Å². The third-order valence-corrected chi connectivity index (χ3v) is 5.06. The monoisotopic (exact) mass is 398 g/mol. The number of rotatable bonds is 6. The minimum atomic E-state index is -0.954. The first-order valence-electron chi connectivity index (χ1n) is 9.37. The van der Waals surface area contributed by atoms with Crippen molar-refractivity contribution in [2.75, 3.05) is 20.8 Å². The number of hydrogen-bond donors (Lipinski definition) is 0. The Morgan fingerprint density at radius 3 is 2.38 bits per heavy atom. The Bertz CT molecular complexity index is 933. The summed E-state index contributed by atoms with van der Waals surface area (Å²) in [5.41, 5.74) is 2.28. The molecule has 3 rings (SSSR count). The van der Waals surface area contributed by atoms with Crippen LogP contribution in [0, 0.1) is 11.7 Å². The number of hydrogen-bond acceptors (Lipinski definition) is 5. The van der Waals surface area contributed by atoms with Crippen LogP contribution in [0.5, 0.6) is 11.5 Å². The number of esters is 1. The summed E-state index contributed by atoms with van der Waals surface area (Å²) in [6, 6.07) is 11.3. The quantitative estimate of drug-likeness (QED) is 0.540. The lowest BCUT2D eigenvalue weighted by molar-refractivity contribution is -0.151. The number of carbonyl (C=O) groups is 2. The van der Waals surface area contributed by atoms with Crippen molar-refractivity contribution in [1.29, 1.82) is 0 Å². The van der Waals surface area contributed by atoms with Crippen LogP contribution in [0.25, 0.3) is 5.57 Å². The summed E-state index contributed by atoms with van der Waals surface area (Å²) >= 11 is 0. The highest BCUT2D eigenvalue weighted by Gasteiger charge is 2.39. The number of benzene rings is 2. The predicted molar refractivity (Wildman–Crippen MR) is 106 cm³/mol. The van der Waals surface area contributed by atoms with E-state index in [2.05, 4.69) is 0 Å². The van der Waals surface area contributed by atoms with E-state index in [4.69, 9.17) is 14.2 Å². The third kappa shape index (κ3) is 4.31. The minimum Gasteiger partial charge on any atom is -0.493 e. The largest absolute Gasteiger partial charge is 0.493 e. The van der Waals surface area contributed by atoms with Crippen molar-refractivity contribution < 1.29 is 28.2 Å². The van der Waals surface area contributed by atoms with E-state index in [0.29, 0.717) is 23.5 Å². The molecule has 0 fully saturated rings. The SMILES string of the molecule is CCOC(=O)[C@@H]1C(=O)C=C(c2ccc(OC)c(OC)c2)C[C@H]1c1ccc(F)cc1. The molecule has 0 amide bonds. The van der Waals surface area contributed by atoms with Crippen LogP contribution >= 0.6 is 0 Å². The first kappa shape index (κ1) is 20.6. The molecule has 2 aromatic carbocycles. The van der Waals surface area contributed by atoms with E-state index < -0.39 is 17.8 Å². The van der Waals surface area contributed by atoms with Gasteiger partial charge in [0.15, 0.2) is 17.3 Å². The maximum atomic E-state index is 13.4. The van der Waals surface area contributed by atoms with Gasteiger partial charge >= 0.3 is 5.97 Å². The molecule has 0 heterocycles. The molecule has 0 aromatic heterocycles. The van der Waals surface area contributed by atoms with Gasteiger partial charge in [0, 0.05) is 5.92 Å². The number of ketones is 1. The van der Waals surface area contributed by atoms with Gasteiger partial charge in [0.25, 0.3) is 0 Å². The van der Waals surface area contributed by atoms with Crippen LogP contribution in [0.3, 0.4) is 0 Å². The summed E-state index contributed by atoms with van der Waals surface area (Å²) in [5.74, 6) is -1.54. The van der Waals surface area contributed by atoms with Crippen molar-refractivity contribution in [2.24, 2.45) is 5.92 Å². The topological polar surface area (TPSA) is 61.8 Å². The number of carbonyl (C=O) groups excluding carboxylic acids is 2. The molecule has 0 aliphatic heterocycles. The Morgan fingerprint density at radius 1 is 1.07 bits per heavy atom. The minimum absolute atomic E-state index is 0.186. The van der Waals surface area contributed by atoms with Gasteiger partial charge in [-0.25, -0.2) is 4.39 Å². The van der Waals surface area contributed by atoms with Gasteiger partial charge in [-0.3, -0.25) is 9.59 Å². The molecule has 0 spiro atoms. The molecule has 0 bridgehead atoms. The highest BCUT2D eigenvalue weighted by Crippen LogP contribution is 2.42. The molecule has 1 aliphatic carbocycles. The molecule has 1 aliphatic rings. The molecule has 29 heavy (non-hydrogen) atoms. The molecule has 0 radical (unpaired) electrons. The molecular formula is C23H23FO5. The Morgan fingerprint density at radius 2 is 1.76 bits per heavy atom. The summed E-state index contributed by atoms with van der Waals surface area (Å²) in [7, 11) is 3.09. The smallest absolute Gasteiger partial charge is 0.317 e. The van der Waals surface area contributed by atoms with Gasteiger partial charge in [-0.05, 0) is 60.4 Å². The fourth-order valence-corrected chi connectivity index (χ4v) is 3.64. The number of allylic oxidation sites excluding steroid dienone is 2. The number of ether oxygens (including phenoxy) is 3. The fraction of sp³-hybridized carbons (Fsp3) is 0.304. The van der Waals surface area contributed by atoms with E-state index in [-0.39, 0.29) is 18.2 Å². The van der Waals surface area contributed by atoms with E-state index >= 15 is 0 Å². The average Bonchev–Trinajstić information content (AvgIpc) is 2.73. The lowest BCUT2D eigenvalue weighted by atomic mass is 9.73. The lowest BCUT2D eigenvalue weighted by Crippen LogP contribution is -2.34. The second kappa shape index (κ2) is 8.90. The lowest BCUT2D eigenvalue weighted by Gasteiger charge is -2.29. The predicted octanol–water partition coefficient (Wildman–Crippen LogP) is 4.16. The Labute approximate surface area is 169 Å². The van der Waals surface area contributed by atoms with Gasteiger partial charge in [0.2, 0.25) is 0 Å².